The SMILES string of the molecule is CO.O=C1C(O)CC(c2ccc(F)c(Cc3ccc4c(c3)CCCN4)c2)OC1CO. The molecule has 0 radical (unpaired) electrons. The summed E-state index contributed by atoms with van der Waals surface area (Å²) >= 11 is 0. The summed E-state index contributed by atoms with van der Waals surface area (Å²) in [6.07, 6.45) is -0.129. The first kappa shape index (κ1) is 22.4. The molecule has 4 rings (SSSR count). The van der Waals surface area contributed by atoms with Crippen molar-refractivity contribution in [3.05, 3.63) is 64.5 Å². The van der Waals surface area contributed by atoms with E-state index in [2.05, 4.69) is 11.4 Å². The summed E-state index contributed by atoms with van der Waals surface area (Å²) < 4.78 is 20.1. The van der Waals surface area contributed by atoms with Crippen molar-refractivity contribution >= 4 is 11.5 Å². The molecule has 6 nitrogen and oxygen atoms in total. The molecule has 2 aromatic carbocycles. The topological polar surface area (TPSA) is 99.0 Å². The Morgan fingerprint density at radius 3 is 2.77 bits per heavy atom. The van der Waals surface area contributed by atoms with E-state index in [1.807, 2.05) is 12.1 Å². The molecule has 2 aromatic rings. The lowest BCUT2D eigenvalue weighted by Crippen LogP contribution is -2.43. The molecule has 0 amide bonds. The minimum atomic E-state index is -1.18. The van der Waals surface area contributed by atoms with Crippen LogP contribution in [0.5, 0.6) is 0 Å². The largest absolute Gasteiger partial charge is 0.400 e. The first-order valence-electron chi connectivity index (χ1n) is 10.1. The lowest BCUT2D eigenvalue weighted by atomic mass is 9.92. The Balaban J connectivity index is 0.00000124. The zero-order chi connectivity index (χ0) is 21.7. The Labute approximate surface area is 175 Å². The van der Waals surface area contributed by atoms with Gasteiger partial charge in [0, 0.05) is 32.2 Å². The zero-order valence-corrected chi connectivity index (χ0v) is 17.0. The molecule has 0 spiro atoms. The summed E-state index contributed by atoms with van der Waals surface area (Å²) in [5, 5.41) is 29.6. The number of hydrogen-bond acceptors (Lipinski definition) is 6. The molecule has 162 valence electrons. The number of nitrogens with one attached hydrogen (secondary N) is 1. The zero-order valence-electron chi connectivity index (χ0n) is 17.0. The first-order valence-corrected chi connectivity index (χ1v) is 10.1. The molecule has 1 fully saturated rings. The van der Waals surface area contributed by atoms with E-state index in [4.69, 9.17) is 9.84 Å². The van der Waals surface area contributed by atoms with Crippen LogP contribution in [-0.4, -0.2) is 53.6 Å². The third-order valence-corrected chi connectivity index (χ3v) is 5.52. The number of Topliss-reactive ketones (excluding diaryl/α,β-unsaturated/α-hetero) is 1. The fourth-order valence-electron chi connectivity index (χ4n) is 3.99. The van der Waals surface area contributed by atoms with Gasteiger partial charge >= 0.3 is 0 Å². The van der Waals surface area contributed by atoms with Crippen LogP contribution in [0.2, 0.25) is 0 Å². The van der Waals surface area contributed by atoms with Gasteiger partial charge in [0.1, 0.15) is 18.0 Å². The number of halogens is 1. The smallest absolute Gasteiger partial charge is 0.192 e. The summed E-state index contributed by atoms with van der Waals surface area (Å²) in [6, 6.07) is 10.9. The van der Waals surface area contributed by atoms with Gasteiger partial charge in [-0.15, -0.1) is 0 Å². The van der Waals surface area contributed by atoms with Crippen LogP contribution in [0.25, 0.3) is 0 Å². The Kier molecular flexibility index (Phi) is 7.55. The van der Waals surface area contributed by atoms with E-state index in [0.29, 0.717) is 17.5 Å². The summed E-state index contributed by atoms with van der Waals surface area (Å²) in [5.74, 6) is -0.811. The molecule has 0 aliphatic carbocycles. The molecule has 0 aromatic heterocycles. The van der Waals surface area contributed by atoms with Gasteiger partial charge in [-0.2, -0.15) is 0 Å². The van der Waals surface area contributed by atoms with Crippen molar-refractivity contribution in [3.8, 4) is 0 Å². The van der Waals surface area contributed by atoms with Crippen molar-refractivity contribution in [2.45, 2.75) is 44.0 Å². The summed E-state index contributed by atoms with van der Waals surface area (Å²) in [7, 11) is 1.00. The second-order valence-corrected chi connectivity index (χ2v) is 7.50. The molecule has 4 N–H and O–H groups in total. The number of benzene rings is 2. The van der Waals surface area contributed by atoms with Gasteiger partial charge in [0.25, 0.3) is 0 Å². The fourth-order valence-corrected chi connectivity index (χ4v) is 3.99. The highest BCUT2D eigenvalue weighted by atomic mass is 19.1. The van der Waals surface area contributed by atoms with E-state index in [9.17, 15) is 19.4 Å². The van der Waals surface area contributed by atoms with Crippen LogP contribution in [0.1, 0.15) is 41.2 Å². The van der Waals surface area contributed by atoms with E-state index in [1.165, 1.54) is 11.6 Å². The summed E-state index contributed by atoms with van der Waals surface area (Å²) in [5.41, 5.74) is 4.67. The number of ether oxygens (including phenoxy) is 1. The quantitative estimate of drug-likeness (QED) is 0.608. The van der Waals surface area contributed by atoms with Gasteiger partial charge in [0.05, 0.1) is 12.7 Å². The number of aliphatic hydroxyl groups excluding tert-OH is 3. The molecule has 2 heterocycles. The number of aryl methyl sites for hydroxylation is 1. The van der Waals surface area contributed by atoms with Gasteiger partial charge in [-0.1, -0.05) is 18.2 Å². The van der Waals surface area contributed by atoms with Gasteiger partial charge in [0.15, 0.2) is 5.78 Å². The van der Waals surface area contributed by atoms with Gasteiger partial charge in [0.2, 0.25) is 0 Å². The van der Waals surface area contributed by atoms with Gasteiger partial charge < -0.3 is 25.4 Å². The summed E-state index contributed by atoms with van der Waals surface area (Å²) in [4.78, 5) is 11.8. The van der Waals surface area contributed by atoms with Crippen LogP contribution in [0.3, 0.4) is 0 Å². The minimum absolute atomic E-state index is 0.102. The number of carbonyl (C=O) groups excluding carboxylic acids is 1. The minimum Gasteiger partial charge on any atom is -0.400 e. The molecule has 3 unspecified atom stereocenters. The van der Waals surface area contributed by atoms with Crippen molar-refractivity contribution in [2.75, 3.05) is 25.6 Å². The van der Waals surface area contributed by atoms with Crippen molar-refractivity contribution < 1.29 is 29.2 Å². The van der Waals surface area contributed by atoms with E-state index in [0.717, 1.165) is 37.7 Å². The van der Waals surface area contributed by atoms with Gasteiger partial charge in [-0.05, 0) is 53.3 Å². The Morgan fingerprint density at radius 1 is 1.20 bits per heavy atom. The second kappa shape index (κ2) is 10.1. The monoisotopic (exact) mass is 417 g/mol. The number of fused-ring (bicyclic) bond motifs is 1. The Morgan fingerprint density at radius 2 is 2.00 bits per heavy atom. The molecule has 7 heteroatoms. The number of aliphatic hydroxyl groups is 3. The van der Waals surface area contributed by atoms with Crippen molar-refractivity contribution in [1.82, 2.24) is 0 Å². The molecule has 0 bridgehead atoms. The number of hydrogen-bond donors (Lipinski definition) is 4. The molecule has 2 aliphatic rings. The van der Waals surface area contributed by atoms with Crippen molar-refractivity contribution in [2.24, 2.45) is 0 Å². The van der Waals surface area contributed by atoms with Crippen LogP contribution in [-0.2, 0) is 22.4 Å². The normalized spacial score (nSPS) is 23.1. The van der Waals surface area contributed by atoms with Crippen molar-refractivity contribution in [1.29, 1.82) is 0 Å². The molecular weight excluding hydrogens is 389 g/mol. The number of anilines is 1. The van der Waals surface area contributed by atoms with Crippen LogP contribution < -0.4 is 5.32 Å². The maximum Gasteiger partial charge on any atom is 0.192 e. The van der Waals surface area contributed by atoms with E-state index >= 15 is 0 Å². The number of carbonyl (C=O) groups is 1. The van der Waals surface area contributed by atoms with Crippen LogP contribution >= 0.6 is 0 Å². The molecule has 2 aliphatic heterocycles. The highest BCUT2D eigenvalue weighted by Crippen LogP contribution is 2.32. The van der Waals surface area contributed by atoms with Crippen molar-refractivity contribution in [3.63, 3.8) is 0 Å². The third-order valence-electron chi connectivity index (χ3n) is 5.52. The van der Waals surface area contributed by atoms with Crippen LogP contribution in [0.4, 0.5) is 10.1 Å². The Bertz CT molecular complexity index is 888. The van der Waals surface area contributed by atoms with Crippen LogP contribution in [0.15, 0.2) is 36.4 Å². The lowest BCUT2D eigenvalue weighted by molar-refractivity contribution is -0.161. The van der Waals surface area contributed by atoms with Crippen LogP contribution in [0, 0.1) is 5.82 Å². The molecule has 1 saturated heterocycles. The molecular formula is C23H28FNO5. The van der Waals surface area contributed by atoms with E-state index in [1.54, 1.807) is 12.1 Å². The number of ketones is 1. The highest BCUT2D eigenvalue weighted by Gasteiger charge is 2.36. The van der Waals surface area contributed by atoms with E-state index < -0.39 is 30.7 Å². The average molecular weight is 417 g/mol. The fraction of sp³-hybridized carbons (Fsp3) is 0.435. The molecule has 0 saturated carbocycles. The predicted octanol–water partition coefficient (Wildman–Crippen LogP) is 2.14. The maximum atomic E-state index is 14.4. The van der Waals surface area contributed by atoms with Gasteiger partial charge in [-0.3, -0.25) is 4.79 Å². The second-order valence-electron chi connectivity index (χ2n) is 7.50. The summed E-state index contributed by atoms with van der Waals surface area (Å²) in [6.45, 7) is 0.497. The first-order chi connectivity index (χ1) is 14.5. The standard InChI is InChI=1S/C22H24FNO4.CH4O/c23-17-5-4-15(20-11-19(26)22(27)21(12-25)28-20)10-16(17)9-13-3-6-18-14(8-13)2-1-7-24-18;1-2/h3-6,8,10,19-21,24-26H,1-2,7,9,11-12H2;2H,1H3. The molecule has 30 heavy (non-hydrogen) atoms. The lowest BCUT2D eigenvalue weighted by Gasteiger charge is -2.31. The molecule has 3 atom stereocenters. The Hall–Kier alpha value is -2.32. The predicted molar refractivity (Wildman–Crippen MR) is 111 cm³/mol. The number of rotatable bonds is 4. The average Bonchev–Trinajstić information content (AvgIpc) is 2.78. The van der Waals surface area contributed by atoms with E-state index in [-0.39, 0.29) is 12.2 Å². The van der Waals surface area contributed by atoms with Gasteiger partial charge in [-0.25, -0.2) is 4.39 Å². The maximum absolute atomic E-state index is 14.4. The highest BCUT2D eigenvalue weighted by molar-refractivity contribution is 5.88. The third kappa shape index (κ3) is 4.87.